The van der Waals surface area contributed by atoms with E-state index >= 15 is 0 Å². The molecule has 1 atom stereocenters. The summed E-state index contributed by atoms with van der Waals surface area (Å²) in [6.45, 7) is 2.01. The number of hydrogen-bond donors (Lipinski definition) is 1. The summed E-state index contributed by atoms with van der Waals surface area (Å²) in [6.07, 6.45) is -1.62. The number of nitrogens with zero attached hydrogens (tertiary/aromatic N) is 1. The Morgan fingerprint density at radius 1 is 1.23 bits per heavy atom. The Labute approximate surface area is 183 Å². The van der Waals surface area contributed by atoms with Crippen LogP contribution in [0.5, 0.6) is 5.75 Å². The highest BCUT2D eigenvalue weighted by molar-refractivity contribution is 6.32. The SMILES string of the molecule is COc1ccc(C(=O)Nc2cc(Cl)c3c(c2)C2CCCN2CC3)cc1C(F)(F)F.Cl. The van der Waals surface area contributed by atoms with E-state index in [-0.39, 0.29) is 29.8 Å². The molecule has 162 valence electrons. The van der Waals surface area contributed by atoms with Gasteiger partial charge in [0.05, 0.1) is 12.7 Å². The molecule has 30 heavy (non-hydrogen) atoms. The second-order valence-electron chi connectivity index (χ2n) is 7.34. The summed E-state index contributed by atoms with van der Waals surface area (Å²) in [5, 5.41) is 3.27. The van der Waals surface area contributed by atoms with Crippen molar-refractivity contribution in [1.82, 2.24) is 4.90 Å². The number of amides is 1. The Hall–Kier alpha value is -1.96. The van der Waals surface area contributed by atoms with Gasteiger partial charge in [-0.1, -0.05) is 11.6 Å². The average molecular weight is 461 g/mol. The molecule has 0 aromatic heterocycles. The van der Waals surface area contributed by atoms with E-state index in [4.69, 9.17) is 16.3 Å². The molecule has 1 amide bonds. The molecule has 1 unspecified atom stereocenters. The first kappa shape index (κ1) is 22.7. The zero-order valence-electron chi connectivity index (χ0n) is 16.2. The lowest BCUT2D eigenvalue weighted by molar-refractivity contribution is -0.138. The third kappa shape index (κ3) is 4.24. The van der Waals surface area contributed by atoms with Gasteiger partial charge < -0.3 is 10.1 Å². The second-order valence-corrected chi connectivity index (χ2v) is 7.74. The molecule has 1 fully saturated rings. The Morgan fingerprint density at radius 3 is 2.70 bits per heavy atom. The number of alkyl halides is 3. The van der Waals surface area contributed by atoms with Crippen molar-refractivity contribution in [3.63, 3.8) is 0 Å². The Kier molecular flexibility index (Phi) is 6.55. The Bertz CT molecular complexity index is 966. The fraction of sp³-hybridized carbons (Fsp3) is 0.381. The zero-order chi connectivity index (χ0) is 20.8. The molecule has 1 saturated heterocycles. The van der Waals surface area contributed by atoms with Crippen molar-refractivity contribution in [2.45, 2.75) is 31.5 Å². The van der Waals surface area contributed by atoms with Crippen LogP contribution in [0.3, 0.4) is 0 Å². The monoisotopic (exact) mass is 460 g/mol. The van der Waals surface area contributed by atoms with Gasteiger partial charge in [0.1, 0.15) is 5.75 Å². The minimum Gasteiger partial charge on any atom is -0.496 e. The summed E-state index contributed by atoms with van der Waals surface area (Å²) in [4.78, 5) is 15.0. The molecule has 1 N–H and O–H groups in total. The predicted molar refractivity (Wildman–Crippen MR) is 112 cm³/mol. The molecular weight excluding hydrogens is 440 g/mol. The van der Waals surface area contributed by atoms with Gasteiger partial charge in [-0.15, -0.1) is 12.4 Å². The highest BCUT2D eigenvalue weighted by Gasteiger charge is 2.35. The number of methoxy groups -OCH3 is 1. The van der Waals surface area contributed by atoms with Gasteiger partial charge in [0.15, 0.2) is 0 Å². The fourth-order valence-electron chi connectivity index (χ4n) is 4.27. The van der Waals surface area contributed by atoms with Gasteiger partial charge in [0.25, 0.3) is 5.91 Å². The number of benzene rings is 2. The maximum absolute atomic E-state index is 13.2. The van der Waals surface area contributed by atoms with E-state index in [9.17, 15) is 18.0 Å². The lowest BCUT2D eigenvalue weighted by Crippen LogP contribution is -2.31. The third-order valence-electron chi connectivity index (χ3n) is 5.63. The first-order valence-corrected chi connectivity index (χ1v) is 9.78. The van der Waals surface area contributed by atoms with Crippen LogP contribution in [0.25, 0.3) is 0 Å². The first-order valence-electron chi connectivity index (χ1n) is 9.41. The van der Waals surface area contributed by atoms with Crippen LogP contribution in [-0.4, -0.2) is 31.0 Å². The Balaban J connectivity index is 0.00000256. The average Bonchev–Trinajstić information content (AvgIpc) is 3.16. The number of halogens is 5. The number of anilines is 1. The summed E-state index contributed by atoms with van der Waals surface area (Å²) in [5.74, 6) is -0.958. The van der Waals surface area contributed by atoms with Crippen LogP contribution in [0.15, 0.2) is 30.3 Å². The van der Waals surface area contributed by atoms with Gasteiger partial charge in [-0.2, -0.15) is 13.2 Å². The molecule has 9 heteroatoms. The largest absolute Gasteiger partial charge is 0.496 e. The number of nitrogens with one attached hydrogen (secondary N) is 1. The summed E-state index contributed by atoms with van der Waals surface area (Å²) in [6, 6.07) is 7.10. The summed E-state index contributed by atoms with van der Waals surface area (Å²) in [5.41, 5.74) is 1.59. The van der Waals surface area contributed by atoms with Crippen LogP contribution in [0.2, 0.25) is 5.02 Å². The van der Waals surface area contributed by atoms with Crippen molar-refractivity contribution in [1.29, 1.82) is 0 Å². The second kappa shape index (κ2) is 8.65. The molecule has 2 aliphatic rings. The number of fused-ring (bicyclic) bond motifs is 3. The quantitative estimate of drug-likeness (QED) is 0.635. The molecule has 2 aliphatic heterocycles. The third-order valence-corrected chi connectivity index (χ3v) is 5.96. The standard InChI is InChI=1S/C21H20ClF3N2O2.ClH/c1-29-19-5-4-12(9-16(19)21(23,24)25)20(28)26-13-10-15-14(17(22)11-13)6-8-27-7-2-3-18(15)27;/h4-5,9-11,18H,2-3,6-8H2,1H3,(H,26,28);1H. The van der Waals surface area contributed by atoms with Crippen molar-refractivity contribution < 1.29 is 22.7 Å². The summed E-state index contributed by atoms with van der Waals surface area (Å²) in [7, 11) is 1.16. The minimum atomic E-state index is -4.62. The number of rotatable bonds is 3. The van der Waals surface area contributed by atoms with Crippen molar-refractivity contribution in [3.8, 4) is 5.75 Å². The first-order chi connectivity index (χ1) is 13.8. The van der Waals surface area contributed by atoms with Crippen LogP contribution in [0, 0.1) is 0 Å². The van der Waals surface area contributed by atoms with Gasteiger partial charge in [-0.3, -0.25) is 9.69 Å². The van der Waals surface area contributed by atoms with Crippen molar-refractivity contribution >= 4 is 35.6 Å². The Morgan fingerprint density at radius 2 is 2.00 bits per heavy atom. The van der Waals surface area contributed by atoms with Crippen molar-refractivity contribution in [2.24, 2.45) is 0 Å². The lowest BCUT2D eigenvalue weighted by atomic mass is 9.92. The molecule has 2 aromatic carbocycles. The summed E-state index contributed by atoms with van der Waals surface area (Å²) >= 11 is 6.46. The van der Waals surface area contributed by atoms with Gasteiger partial charge in [-0.25, -0.2) is 0 Å². The molecular formula is C21H21Cl2F3N2O2. The zero-order valence-corrected chi connectivity index (χ0v) is 17.8. The normalized spacial score (nSPS) is 18.2. The minimum absolute atomic E-state index is 0. The summed E-state index contributed by atoms with van der Waals surface area (Å²) < 4.78 is 44.5. The molecule has 0 spiro atoms. The van der Waals surface area contributed by atoms with Crippen LogP contribution < -0.4 is 10.1 Å². The molecule has 0 radical (unpaired) electrons. The number of ether oxygens (including phenoxy) is 1. The molecule has 0 saturated carbocycles. The van der Waals surface area contributed by atoms with E-state index < -0.39 is 17.6 Å². The molecule has 2 heterocycles. The van der Waals surface area contributed by atoms with E-state index in [1.807, 2.05) is 6.07 Å². The van der Waals surface area contributed by atoms with E-state index in [0.717, 1.165) is 62.7 Å². The van der Waals surface area contributed by atoms with Crippen LogP contribution in [-0.2, 0) is 12.6 Å². The molecule has 0 aliphatic carbocycles. The van der Waals surface area contributed by atoms with E-state index in [1.54, 1.807) is 6.07 Å². The van der Waals surface area contributed by atoms with E-state index in [2.05, 4.69) is 10.2 Å². The fourth-order valence-corrected chi connectivity index (χ4v) is 4.59. The lowest BCUT2D eigenvalue weighted by Gasteiger charge is -2.32. The van der Waals surface area contributed by atoms with Crippen LogP contribution >= 0.6 is 24.0 Å². The topological polar surface area (TPSA) is 41.6 Å². The van der Waals surface area contributed by atoms with Crippen molar-refractivity contribution in [2.75, 3.05) is 25.5 Å². The predicted octanol–water partition coefficient (Wildman–Crippen LogP) is 5.73. The smallest absolute Gasteiger partial charge is 0.419 e. The van der Waals surface area contributed by atoms with Crippen molar-refractivity contribution in [3.05, 3.63) is 57.6 Å². The number of carbonyl (C=O) groups is 1. The van der Waals surface area contributed by atoms with Gasteiger partial charge in [0.2, 0.25) is 0 Å². The van der Waals surface area contributed by atoms with Gasteiger partial charge >= 0.3 is 6.18 Å². The highest BCUT2D eigenvalue weighted by atomic mass is 35.5. The van der Waals surface area contributed by atoms with Crippen LogP contribution in [0.4, 0.5) is 18.9 Å². The van der Waals surface area contributed by atoms with E-state index in [0.29, 0.717) is 10.7 Å². The van der Waals surface area contributed by atoms with Gasteiger partial charge in [-0.05, 0) is 67.3 Å². The molecule has 4 rings (SSSR count). The molecule has 2 aromatic rings. The van der Waals surface area contributed by atoms with Crippen LogP contribution in [0.1, 0.15) is 45.9 Å². The maximum Gasteiger partial charge on any atom is 0.419 e. The number of carbonyl (C=O) groups excluding carboxylic acids is 1. The maximum atomic E-state index is 13.2. The number of hydrogen-bond acceptors (Lipinski definition) is 3. The molecule has 4 nitrogen and oxygen atoms in total. The highest BCUT2D eigenvalue weighted by Crippen LogP contribution is 2.42. The molecule has 0 bridgehead atoms. The van der Waals surface area contributed by atoms with Gasteiger partial charge in [0, 0.05) is 28.9 Å². The van der Waals surface area contributed by atoms with E-state index in [1.165, 1.54) is 6.07 Å².